The molecule has 2 rings (SSSR count). The van der Waals surface area contributed by atoms with E-state index in [-0.39, 0.29) is 12.0 Å². The summed E-state index contributed by atoms with van der Waals surface area (Å²) in [6.45, 7) is 6.40. The molecule has 0 aromatic heterocycles. The van der Waals surface area contributed by atoms with Crippen LogP contribution < -0.4 is 0 Å². The minimum absolute atomic E-state index is 0.220. The standard InChI is InChI=1S/C13H18N2O2/c1-13(2,3)17-12(16)11-7-10-14-8-5-4-6-9-15(11)14/h4-7,9-11H,8H2,1-3H3. The van der Waals surface area contributed by atoms with Crippen molar-refractivity contribution in [3.05, 3.63) is 36.7 Å². The third-order valence-corrected chi connectivity index (χ3v) is 2.45. The van der Waals surface area contributed by atoms with Crippen LogP contribution in [0.4, 0.5) is 0 Å². The summed E-state index contributed by atoms with van der Waals surface area (Å²) < 4.78 is 5.40. The molecule has 0 saturated carbocycles. The number of fused-ring (bicyclic) bond motifs is 1. The minimum atomic E-state index is -0.452. The summed E-state index contributed by atoms with van der Waals surface area (Å²) in [5.74, 6) is -0.220. The molecule has 0 aliphatic carbocycles. The number of nitrogens with zero attached hydrogens (tertiary/aromatic N) is 2. The number of rotatable bonds is 1. The number of carbonyl (C=O) groups is 1. The van der Waals surface area contributed by atoms with E-state index in [4.69, 9.17) is 4.74 Å². The SMILES string of the molecule is CC(C)(C)OC(=O)C1C=CN2CC=CC=CN12. The molecule has 17 heavy (non-hydrogen) atoms. The van der Waals surface area contributed by atoms with Crippen molar-refractivity contribution in [3.8, 4) is 0 Å². The van der Waals surface area contributed by atoms with E-state index in [0.717, 1.165) is 6.54 Å². The fourth-order valence-electron chi connectivity index (χ4n) is 1.77. The smallest absolute Gasteiger partial charge is 0.335 e. The zero-order valence-corrected chi connectivity index (χ0v) is 10.5. The molecular formula is C13H18N2O2. The Morgan fingerprint density at radius 1 is 1.29 bits per heavy atom. The van der Waals surface area contributed by atoms with Crippen LogP contribution in [0.2, 0.25) is 0 Å². The summed E-state index contributed by atoms with van der Waals surface area (Å²) in [6.07, 6.45) is 11.6. The number of hydrogen-bond acceptors (Lipinski definition) is 4. The Kier molecular flexibility index (Phi) is 2.96. The lowest BCUT2D eigenvalue weighted by Gasteiger charge is -2.31. The van der Waals surface area contributed by atoms with E-state index >= 15 is 0 Å². The molecule has 1 unspecified atom stereocenters. The van der Waals surface area contributed by atoms with Gasteiger partial charge in [0.05, 0.1) is 6.54 Å². The van der Waals surface area contributed by atoms with Crippen molar-refractivity contribution in [1.82, 2.24) is 10.0 Å². The number of esters is 1. The quantitative estimate of drug-likeness (QED) is 0.648. The minimum Gasteiger partial charge on any atom is -0.458 e. The molecule has 0 saturated heterocycles. The van der Waals surface area contributed by atoms with E-state index in [9.17, 15) is 4.79 Å². The second-order valence-electron chi connectivity index (χ2n) is 5.09. The summed E-state index contributed by atoms with van der Waals surface area (Å²) in [5, 5.41) is 3.86. The molecule has 0 aromatic carbocycles. The molecule has 92 valence electrons. The first kappa shape index (κ1) is 11.8. The van der Waals surface area contributed by atoms with Crippen LogP contribution in [0.25, 0.3) is 0 Å². The van der Waals surface area contributed by atoms with E-state index in [2.05, 4.69) is 0 Å². The highest BCUT2D eigenvalue weighted by atomic mass is 16.6. The zero-order chi connectivity index (χ0) is 12.5. The van der Waals surface area contributed by atoms with Crippen molar-refractivity contribution in [2.24, 2.45) is 0 Å². The Morgan fingerprint density at radius 2 is 2.06 bits per heavy atom. The molecule has 0 radical (unpaired) electrons. The van der Waals surface area contributed by atoms with Gasteiger partial charge in [-0.25, -0.2) is 4.79 Å². The highest BCUT2D eigenvalue weighted by Gasteiger charge is 2.33. The van der Waals surface area contributed by atoms with E-state index in [0.29, 0.717) is 0 Å². The van der Waals surface area contributed by atoms with Crippen molar-refractivity contribution < 1.29 is 9.53 Å². The van der Waals surface area contributed by atoms with E-state index in [1.807, 2.05) is 67.5 Å². The average molecular weight is 234 g/mol. The molecule has 0 spiro atoms. The largest absolute Gasteiger partial charge is 0.458 e. The fourth-order valence-corrected chi connectivity index (χ4v) is 1.77. The molecule has 0 amide bonds. The molecule has 0 fully saturated rings. The van der Waals surface area contributed by atoms with Crippen molar-refractivity contribution >= 4 is 5.97 Å². The van der Waals surface area contributed by atoms with E-state index in [1.165, 1.54) is 0 Å². The van der Waals surface area contributed by atoms with Crippen molar-refractivity contribution in [1.29, 1.82) is 0 Å². The monoisotopic (exact) mass is 234 g/mol. The molecule has 0 N–H and O–H groups in total. The Labute approximate surface area is 102 Å². The van der Waals surface area contributed by atoms with Crippen LogP contribution in [-0.2, 0) is 9.53 Å². The van der Waals surface area contributed by atoms with Gasteiger partial charge in [-0.15, -0.1) is 0 Å². The van der Waals surface area contributed by atoms with Crippen LogP contribution in [0.3, 0.4) is 0 Å². The molecule has 2 aliphatic heterocycles. The molecule has 0 bridgehead atoms. The van der Waals surface area contributed by atoms with Gasteiger partial charge < -0.3 is 4.74 Å². The average Bonchev–Trinajstić information content (AvgIpc) is 2.46. The van der Waals surface area contributed by atoms with E-state index < -0.39 is 5.60 Å². The number of hydrazine groups is 1. The molecule has 1 atom stereocenters. The van der Waals surface area contributed by atoms with Crippen LogP contribution in [0.15, 0.2) is 36.7 Å². The number of ether oxygens (including phenoxy) is 1. The van der Waals surface area contributed by atoms with Gasteiger partial charge in [0.2, 0.25) is 0 Å². The first-order chi connectivity index (χ1) is 7.97. The maximum atomic E-state index is 12.0. The highest BCUT2D eigenvalue weighted by molar-refractivity contribution is 5.79. The first-order valence-electron chi connectivity index (χ1n) is 5.77. The van der Waals surface area contributed by atoms with Crippen molar-refractivity contribution in [3.63, 3.8) is 0 Å². The normalized spacial score (nSPS) is 22.6. The summed E-state index contributed by atoms with van der Waals surface area (Å²) in [5.41, 5.74) is -0.452. The lowest BCUT2D eigenvalue weighted by atomic mass is 10.2. The number of hydrogen-bond donors (Lipinski definition) is 0. The van der Waals surface area contributed by atoms with E-state index in [1.54, 1.807) is 0 Å². The van der Waals surface area contributed by atoms with Crippen molar-refractivity contribution in [2.45, 2.75) is 32.4 Å². The van der Waals surface area contributed by atoms with Gasteiger partial charge in [0, 0.05) is 12.4 Å². The summed E-state index contributed by atoms with van der Waals surface area (Å²) >= 11 is 0. The lowest BCUT2D eigenvalue weighted by molar-refractivity contribution is -0.161. The van der Waals surface area contributed by atoms with Gasteiger partial charge in [0.1, 0.15) is 5.60 Å². The Balaban J connectivity index is 2.08. The molecule has 4 heteroatoms. The van der Waals surface area contributed by atoms with Crippen LogP contribution in [-0.4, -0.2) is 34.2 Å². The third kappa shape index (κ3) is 2.70. The van der Waals surface area contributed by atoms with Crippen LogP contribution in [0.1, 0.15) is 20.8 Å². The van der Waals surface area contributed by atoms with Gasteiger partial charge in [-0.1, -0.05) is 12.2 Å². The summed E-state index contributed by atoms with van der Waals surface area (Å²) in [7, 11) is 0. The second-order valence-corrected chi connectivity index (χ2v) is 5.09. The Hall–Kier alpha value is -1.71. The van der Waals surface area contributed by atoms with Gasteiger partial charge in [0.15, 0.2) is 6.04 Å². The molecule has 4 nitrogen and oxygen atoms in total. The molecule has 0 aromatic rings. The third-order valence-electron chi connectivity index (χ3n) is 2.45. The lowest BCUT2D eigenvalue weighted by Crippen LogP contribution is -2.43. The fraction of sp³-hybridized carbons (Fsp3) is 0.462. The van der Waals surface area contributed by atoms with Crippen LogP contribution in [0, 0.1) is 0 Å². The topological polar surface area (TPSA) is 32.8 Å². The van der Waals surface area contributed by atoms with Gasteiger partial charge >= 0.3 is 5.97 Å². The maximum absolute atomic E-state index is 12.0. The number of carbonyl (C=O) groups excluding carboxylic acids is 1. The molecule has 2 heterocycles. The first-order valence-corrected chi connectivity index (χ1v) is 5.77. The Bertz CT molecular complexity index is 391. The predicted octanol–water partition coefficient (Wildman–Crippen LogP) is 1.83. The molecular weight excluding hydrogens is 216 g/mol. The van der Waals surface area contributed by atoms with Crippen LogP contribution in [0.5, 0.6) is 0 Å². The van der Waals surface area contributed by atoms with Gasteiger partial charge in [-0.05, 0) is 32.9 Å². The second kappa shape index (κ2) is 4.28. The Morgan fingerprint density at radius 3 is 2.76 bits per heavy atom. The molecule has 2 aliphatic rings. The maximum Gasteiger partial charge on any atom is 0.335 e. The van der Waals surface area contributed by atoms with Crippen molar-refractivity contribution in [2.75, 3.05) is 6.54 Å². The van der Waals surface area contributed by atoms with Gasteiger partial charge in [0.25, 0.3) is 0 Å². The van der Waals surface area contributed by atoms with Gasteiger partial charge in [-0.3, -0.25) is 10.0 Å². The summed E-state index contributed by atoms with van der Waals surface area (Å²) in [6, 6.07) is -0.356. The van der Waals surface area contributed by atoms with Gasteiger partial charge in [-0.2, -0.15) is 0 Å². The number of allylic oxidation sites excluding steroid dienone is 2. The predicted molar refractivity (Wildman–Crippen MR) is 65.6 cm³/mol. The van der Waals surface area contributed by atoms with Crippen LogP contribution >= 0.6 is 0 Å². The highest BCUT2D eigenvalue weighted by Crippen LogP contribution is 2.21. The summed E-state index contributed by atoms with van der Waals surface area (Å²) in [4.78, 5) is 12.0. The zero-order valence-electron chi connectivity index (χ0n) is 10.5.